The second-order valence-corrected chi connectivity index (χ2v) is 8.83. The Morgan fingerprint density at radius 2 is 1.24 bits per heavy atom. The number of aliphatic carboxylic acids is 1. The molecule has 5 nitrogen and oxygen atoms in total. The smallest absolute Gasteiger partial charge is 0.326 e. The predicted molar refractivity (Wildman–Crippen MR) is 133 cm³/mol. The van der Waals surface area contributed by atoms with E-state index >= 15 is 0 Å². The van der Waals surface area contributed by atoms with Gasteiger partial charge in [-0.2, -0.15) is 0 Å². The molecule has 0 fully saturated rings. The number of anilines is 1. The van der Waals surface area contributed by atoms with Gasteiger partial charge in [0, 0.05) is 12.4 Å². The first-order chi connectivity index (χ1) is 16.2. The molecule has 2 N–H and O–H groups in total. The van der Waals surface area contributed by atoms with E-state index in [1.54, 1.807) is 30.2 Å². The zero-order valence-corrected chi connectivity index (χ0v) is 18.9. The number of thioether (sulfide) groups is 1. The van der Waals surface area contributed by atoms with Gasteiger partial charge < -0.3 is 10.4 Å². The van der Waals surface area contributed by atoms with E-state index < -0.39 is 16.8 Å². The van der Waals surface area contributed by atoms with Crippen molar-refractivity contribution in [3.05, 3.63) is 126 Å². The number of hydrogen-bond acceptors (Lipinski definition) is 5. The molecule has 33 heavy (non-hydrogen) atoms. The van der Waals surface area contributed by atoms with Crippen molar-refractivity contribution < 1.29 is 9.90 Å². The maximum absolute atomic E-state index is 11.9. The normalized spacial score (nSPS) is 12.1. The van der Waals surface area contributed by atoms with E-state index in [1.807, 2.05) is 54.6 Å². The number of benzene rings is 3. The highest BCUT2D eigenvalue weighted by Crippen LogP contribution is 2.48. The molecular formula is C27H25N3O2S. The largest absolute Gasteiger partial charge is 0.480 e. The molecular weight excluding hydrogens is 430 g/mol. The fraction of sp³-hybridized carbons (Fsp3) is 0.148. The molecule has 0 bridgehead atoms. The van der Waals surface area contributed by atoms with Crippen LogP contribution >= 0.6 is 11.8 Å². The summed E-state index contributed by atoms with van der Waals surface area (Å²) >= 11 is 1.74. The molecule has 0 aliphatic carbocycles. The van der Waals surface area contributed by atoms with Crippen LogP contribution in [0, 0.1) is 0 Å². The van der Waals surface area contributed by atoms with Crippen LogP contribution in [-0.4, -0.2) is 32.8 Å². The highest BCUT2D eigenvalue weighted by molar-refractivity contribution is 8.00. The number of carbonyl (C=O) groups is 1. The molecule has 0 radical (unpaired) electrons. The number of aromatic nitrogens is 2. The van der Waals surface area contributed by atoms with Crippen LogP contribution < -0.4 is 5.32 Å². The maximum Gasteiger partial charge on any atom is 0.326 e. The summed E-state index contributed by atoms with van der Waals surface area (Å²) in [5.41, 5.74) is 3.45. The molecule has 0 spiro atoms. The lowest BCUT2D eigenvalue weighted by Gasteiger charge is -2.35. The van der Waals surface area contributed by atoms with Crippen LogP contribution in [0.1, 0.15) is 23.1 Å². The minimum Gasteiger partial charge on any atom is -0.480 e. The molecule has 0 aliphatic rings. The van der Waals surface area contributed by atoms with Crippen LogP contribution in [-0.2, 0) is 9.54 Å². The number of nitrogens with zero attached hydrogens (tertiary/aromatic N) is 2. The Bertz CT molecular complexity index is 1050. The van der Waals surface area contributed by atoms with Gasteiger partial charge in [0.2, 0.25) is 5.95 Å². The van der Waals surface area contributed by atoms with Crippen LogP contribution in [0.2, 0.25) is 0 Å². The number of nitrogens with one attached hydrogen (secondary N) is 1. The van der Waals surface area contributed by atoms with Gasteiger partial charge in [-0.1, -0.05) is 91.0 Å². The first kappa shape index (κ1) is 22.6. The van der Waals surface area contributed by atoms with Crippen molar-refractivity contribution in [2.45, 2.75) is 17.2 Å². The van der Waals surface area contributed by atoms with Gasteiger partial charge in [-0.15, -0.1) is 11.8 Å². The van der Waals surface area contributed by atoms with Gasteiger partial charge in [0.05, 0.1) is 4.75 Å². The molecule has 0 saturated carbocycles. The van der Waals surface area contributed by atoms with Crippen LogP contribution in [0.15, 0.2) is 109 Å². The maximum atomic E-state index is 11.9. The first-order valence-corrected chi connectivity index (χ1v) is 11.8. The Hall–Kier alpha value is -3.64. The van der Waals surface area contributed by atoms with Crippen LogP contribution in [0.25, 0.3) is 0 Å². The highest BCUT2D eigenvalue weighted by Gasteiger charge is 2.37. The van der Waals surface area contributed by atoms with Crippen LogP contribution in [0.4, 0.5) is 5.95 Å². The number of hydrogen-bond donors (Lipinski definition) is 2. The third-order valence-electron chi connectivity index (χ3n) is 5.43. The molecule has 6 heteroatoms. The van der Waals surface area contributed by atoms with Gasteiger partial charge in [-0.05, 0) is 34.9 Å². The second kappa shape index (κ2) is 10.8. The summed E-state index contributed by atoms with van der Waals surface area (Å²) < 4.78 is -0.476. The molecule has 4 aromatic rings. The predicted octanol–water partition coefficient (Wildman–Crippen LogP) is 5.46. The van der Waals surface area contributed by atoms with E-state index in [-0.39, 0.29) is 0 Å². The molecule has 0 amide bonds. The summed E-state index contributed by atoms with van der Waals surface area (Å²) in [5, 5.41) is 12.7. The van der Waals surface area contributed by atoms with E-state index in [0.717, 1.165) is 16.7 Å². The molecule has 1 atom stereocenters. The first-order valence-electron chi connectivity index (χ1n) is 10.8. The molecule has 0 aliphatic heterocycles. The second-order valence-electron chi connectivity index (χ2n) is 7.52. The van der Waals surface area contributed by atoms with Crippen molar-refractivity contribution in [3.8, 4) is 0 Å². The van der Waals surface area contributed by atoms with Gasteiger partial charge in [-0.25, -0.2) is 14.8 Å². The monoisotopic (exact) mass is 455 g/mol. The van der Waals surface area contributed by atoms with Crippen molar-refractivity contribution in [1.29, 1.82) is 0 Å². The van der Waals surface area contributed by atoms with E-state index in [1.165, 1.54) is 0 Å². The minimum absolute atomic E-state index is 0.315. The molecule has 1 heterocycles. The van der Waals surface area contributed by atoms with E-state index in [2.05, 4.69) is 51.7 Å². The molecule has 166 valence electrons. The average molecular weight is 456 g/mol. The zero-order chi connectivity index (χ0) is 22.9. The van der Waals surface area contributed by atoms with Crippen LogP contribution in [0.5, 0.6) is 0 Å². The van der Waals surface area contributed by atoms with Crippen molar-refractivity contribution in [2.24, 2.45) is 0 Å². The lowest BCUT2D eigenvalue weighted by molar-refractivity contribution is -0.137. The van der Waals surface area contributed by atoms with Gasteiger partial charge in [0.15, 0.2) is 0 Å². The summed E-state index contributed by atoms with van der Waals surface area (Å²) in [6.07, 6.45) is 3.59. The Morgan fingerprint density at radius 3 is 1.67 bits per heavy atom. The Morgan fingerprint density at radius 1 is 0.788 bits per heavy atom. The van der Waals surface area contributed by atoms with E-state index in [4.69, 9.17) is 0 Å². The third kappa shape index (κ3) is 5.23. The number of rotatable bonds is 10. The highest BCUT2D eigenvalue weighted by atomic mass is 32.2. The van der Waals surface area contributed by atoms with Gasteiger partial charge in [0.25, 0.3) is 0 Å². The lowest BCUT2D eigenvalue weighted by Crippen LogP contribution is -2.32. The third-order valence-corrected chi connectivity index (χ3v) is 7.01. The summed E-state index contributed by atoms with van der Waals surface area (Å²) in [6.45, 7) is 0. The summed E-state index contributed by atoms with van der Waals surface area (Å²) in [5.74, 6) is -0.00158. The van der Waals surface area contributed by atoms with Crippen molar-refractivity contribution in [1.82, 2.24) is 9.97 Å². The topological polar surface area (TPSA) is 75.1 Å². The lowest BCUT2D eigenvalue weighted by atomic mass is 9.84. The van der Waals surface area contributed by atoms with Crippen LogP contribution in [0.3, 0.4) is 0 Å². The Kier molecular flexibility index (Phi) is 7.37. The minimum atomic E-state index is -0.923. The fourth-order valence-electron chi connectivity index (χ4n) is 3.89. The molecule has 0 saturated heterocycles. The molecule has 1 aromatic heterocycles. The Labute approximate surface area is 197 Å². The Balaban J connectivity index is 1.67. The molecule has 4 rings (SSSR count). The van der Waals surface area contributed by atoms with Crippen molar-refractivity contribution in [2.75, 3.05) is 11.1 Å². The summed E-state index contributed by atoms with van der Waals surface area (Å²) in [6, 6.07) is 32.0. The SMILES string of the molecule is O=C(O)[C@H](CCSC(c1ccccc1)(c1ccccc1)c1ccccc1)Nc1ncccn1. The summed E-state index contributed by atoms with van der Waals surface area (Å²) in [7, 11) is 0. The standard InChI is InChI=1S/C27H25N3O2S/c31-25(32)24(30-26-28-18-10-19-29-26)17-20-33-27(21-11-4-1-5-12-21,22-13-6-2-7-14-22)23-15-8-3-9-16-23/h1-16,18-19,24H,17,20H2,(H,31,32)(H,28,29,30)/t24-/m0/s1. The van der Waals surface area contributed by atoms with Gasteiger partial charge in [-0.3, -0.25) is 0 Å². The van der Waals surface area contributed by atoms with Crippen molar-refractivity contribution in [3.63, 3.8) is 0 Å². The average Bonchev–Trinajstić information content (AvgIpc) is 2.88. The van der Waals surface area contributed by atoms with Crippen molar-refractivity contribution >= 4 is 23.7 Å². The number of carboxylic acid groups (broad SMARTS) is 1. The van der Waals surface area contributed by atoms with E-state index in [0.29, 0.717) is 18.1 Å². The molecule has 3 aromatic carbocycles. The number of carboxylic acids is 1. The summed E-state index contributed by atoms with van der Waals surface area (Å²) in [4.78, 5) is 20.2. The quantitative estimate of drug-likeness (QED) is 0.310. The van der Waals surface area contributed by atoms with Gasteiger partial charge >= 0.3 is 5.97 Å². The molecule has 0 unspecified atom stereocenters. The van der Waals surface area contributed by atoms with Gasteiger partial charge in [0.1, 0.15) is 6.04 Å². The van der Waals surface area contributed by atoms with E-state index in [9.17, 15) is 9.90 Å². The zero-order valence-electron chi connectivity index (χ0n) is 18.0. The fourth-order valence-corrected chi connectivity index (χ4v) is 5.45.